The summed E-state index contributed by atoms with van der Waals surface area (Å²) in [6, 6.07) is 19.0. The summed E-state index contributed by atoms with van der Waals surface area (Å²) in [6.45, 7) is 0. The summed E-state index contributed by atoms with van der Waals surface area (Å²) < 4.78 is 18.9. The van der Waals surface area contributed by atoms with Crippen LogP contribution in [0, 0.1) is 17.1 Å². The zero-order valence-electron chi connectivity index (χ0n) is 15.1. The van der Waals surface area contributed by atoms with Crippen LogP contribution < -0.4 is 10.5 Å². The van der Waals surface area contributed by atoms with Crippen molar-refractivity contribution in [1.82, 2.24) is 0 Å². The van der Waals surface area contributed by atoms with Crippen molar-refractivity contribution in [3.8, 4) is 17.6 Å². The van der Waals surface area contributed by atoms with Crippen LogP contribution in [0.25, 0.3) is 0 Å². The van der Waals surface area contributed by atoms with Gasteiger partial charge in [0.2, 0.25) is 5.88 Å². The van der Waals surface area contributed by atoms with Crippen LogP contribution in [0.1, 0.15) is 33.0 Å². The van der Waals surface area contributed by atoms with E-state index >= 15 is 0 Å². The fourth-order valence-corrected chi connectivity index (χ4v) is 3.45. The number of nitrogens with zero attached hydrogens (tertiary/aromatic N) is 1. The van der Waals surface area contributed by atoms with Crippen molar-refractivity contribution in [3.63, 3.8) is 0 Å². The Labute approximate surface area is 166 Å². The first-order valence-electron chi connectivity index (χ1n) is 8.80. The number of phenols is 1. The molecule has 1 aliphatic rings. The topological polar surface area (TPSA) is 96.3 Å². The van der Waals surface area contributed by atoms with E-state index in [1.165, 1.54) is 36.4 Å². The first-order valence-corrected chi connectivity index (χ1v) is 8.80. The Kier molecular flexibility index (Phi) is 4.49. The Hall–Kier alpha value is -4.11. The second-order valence-electron chi connectivity index (χ2n) is 6.55. The number of nitrogens with two attached hydrogens (primary N) is 1. The predicted octanol–water partition coefficient (Wildman–Crippen LogP) is 3.98. The fourth-order valence-electron chi connectivity index (χ4n) is 3.45. The molecule has 0 radical (unpaired) electrons. The van der Waals surface area contributed by atoms with Crippen LogP contribution in [0.5, 0.6) is 11.5 Å². The second kappa shape index (κ2) is 7.13. The van der Waals surface area contributed by atoms with Crippen LogP contribution in [0.2, 0.25) is 0 Å². The van der Waals surface area contributed by atoms with E-state index in [1.54, 1.807) is 30.3 Å². The number of hydrogen-bond donors (Lipinski definition) is 2. The van der Waals surface area contributed by atoms with Gasteiger partial charge >= 0.3 is 0 Å². The van der Waals surface area contributed by atoms with Gasteiger partial charge in [-0.2, -0.15) is 5.26 Å². The average Bonchev–Trinajstić information content (AvgIpc) is 2.74. The zero-order chi connectivity index (χ0) is 20.5. The van der Waals surface area contributed by atoms with Crippen LogP contribution in [0.4, 0.5) is 4.39 Å². The molecule has 3 N–H and O–H groups in total. The van der Waals surface area contributed by atoms with Gasteiger partial charge in [0.15, 0.2) is 5.78 Å². The van der Waals surface area contributed by atoms with E-state index in [4.69, 9.17) is 10.5 Å². The summed E-state index contributed by atoms with van der Waals surface area (Å²) in [5.74, 6) is -1.77. The predicted molar refractivity (Wildman–Crippen MR) is 104 cm³/mol. The molecule has 3 aromatic rings. The first kappa shape index (κ1) is 18.3. The molecule has 142 valence electrons. The van der Waals surface area contributed by atoms with Gasteiger partial charge in [-0.3, -0.25) is 4.79 Å². The Morgan fingerprint density at radius 3 is 2.41 bits per heavy atom. The molecule has 1 unspecified atom stereocenters. The highest BCUT2D eigenvalue weighted by Crippen LogP contribution is 2.47. The molecule has 0 aromatic heterocycles. The molecule has 4 rings (SSSR count). The van der Waals surface area contributed by atoms with Crippen molar-refractivity contribution in [2.24, 2.45) is 5.73 Å². The highest BCUT2D eigenvalue weighted by molar-refractivity contribution is 6.11. The number of halogens is 1. The number of fused-ring (bicyclic) bond motifs is 1. The quantitative estimate of drug-likeness (QED) is 0.664. The van der Waals surface area contributed by atoms with Crippen LogP contribution in [0.15, 0.2) is 78.2 Å². The lowest BCUT2D eigenvalue weighted by atomic mass is 9.81. The average molecular weight is 386 g/mol. The van der Waals surface area contributed by atoms with Crippen molar-refractivity contribution < 1.29 is 19.0 Å². The maximum Gasteiger partial charge on any atom is 0.205 e. The van der Waals surface area contributed by atoms with E-state index in [0.717, 1.165) is 0 Å². The van der Waals surface area contributed by atoms with E-state index < -0.39 is 11.7 Å². The Bertz CT molecular complexity index is 1180. The summed E-state index contributed by atoms with van der Waals surface area (Å²) in [5.41, 5.74) is 7.25. The standard InChI is InChI=1S/C23H15FN2O3/c24-15-8-6-13(7-9-15)19-17(12-25)23(26)29-18-11-10-16(22(28)20(18)19)21(27)14-4-2-1-3-5-14/h1-11,19,28H,26H2. The number of hydrogen-bond acceptors (Lipinski definition) is 5. The summed E-state index contributed by atoms with van der Waals surface area (Å²) >= 11 is 0. The molecule has 0 fully saturated rings. The van der Waals surface area contributed by atoms with Gasteiger partial charge in [0.1, 0.15) is 29.0 Å². The molecule has 6 heteroatoms. The van der Waals surface area contributed by atoms with Crippen molar-refractivity contribution in [1.29, 1.82) is 5.26 Å². The molecule has 29 heavy (non-hydrogen) atoms. The summed E-state index contributed by atoms with van der Waals surface area (Å²) in [7, 11) is 0. The maximum atomic E-state index is 13.4. The van der Waals surface area contributed by atoms with Crippen molar-refractivity contribution >= 4 is 5.78 Å². The summed E-state index contributed by atoms with van der Waals surface area (Å²) in [5, 5.41) is 20.6. The molecule has 1 heterocycles. The zero-order valence-corrected chi connectivity index (χ0v) is 15.1. The number of carbonyl (C=O) groups is 1. The highest BCUT2D eigenvalue weighted by Gasteiger charge is 2.35. The lowest BCUT2D eigenvalue weighted by Crippen LogP contribution is -2.21. The van der Waals surface area contributed by atoms with Gasteiger partial charge in [-0.1, -0.05) is 42.5 Å². The number of nitriles is 1. The lowest BCUT2D eigenvalue weighted by Gasteiger charge is -2.27. The normalized spacial score (nSPS) is 15.2. The van der Waals surface area contributed by atoms with E-state index in [0.29, 0.717) is 11.1 Å². The lowest BCUT2D eigenvalue weighted by molar-refractivity contribution is 0.103. The molecule has 0 bridgehead atoms. The van der Waals surface area contributed by atoms with Gasteiger partial charge in [0.25, 0.3) is 0 Å². The Balaban J connectivity index is 1.92. The molecule has 3 aromatic carbocycles. The van der Waals surface area contributed by atoms with Crippen LogP contribution >= 0.6 is 0 Å². The molecular weight excluding hydrogens is 371 g/mol. The van der Waals surface area contributed by atoms with Crippen molar-refractivity contribution in [2.75, 3.05) is 0 Å². The molecule has 1 atom stereocenters. The number of rotatable bonds is 3. The second-order valence-corrected chi connectivity index (χ2v) is 6.55. The number of ketones is 1. The molecule has 0 amide bonds. The van der Waals surface area contributed by atoms with Crippen molar-refractivity contribution in [2.45, 2.75) is 5.92 Å². The maximum absolute atomic E-state index is 13.4. The van der Waals surface area contributed by atoms with E-state index in [9.17, 15) is 19.6 Å². The number of ether oxygens (including phenoxy) is 1. The van der Waals surface area contributed by atoms with Crippen LogP contribution in [-0.2, 0) is 0 Å². The van der Waals surface area contributed by atoms with Gasteiger partial charge in [-0.15, -0.1) is 0 Å². The number of aromatic hydroxyl groups is 1. The van der Waals surface area contributed by atoms with Crippen molar-refractivity contribution in [3.05, 3.63) is 106 Å². The molecule has 5 nitrogen and oxygen atoms in total. The molecule has 0 saturated carbocycles. The number of phenolic OH excluding ortho intramolecular Hbond substituents is 1. The van der Waals surface area contributed by atoms with E-state index in [-0.39, 0.29) is 39.9 Å². The molecule has 1 aliphatic heterocycles. The minimum Gasteiger partial charge on any atom is -0.507 e. The fraction of sp³-hybridized carbons (Fsp3) is 0.0435. The minimum atomic E-state index is -0.798. The van der Waals surface area contributed by atoms with Gasteiger partial charge in [-0.05, 0) is 29.8 Å². The molecule has 0 aliphatic carbocycles. The molecule has 0 spiro atoms. The van der Waals surface area contributed by atoms with Crippen LogP contribution in [0.3, 0.4) is 0 Å². The summed E-state index contributed by atoms with van der Waals surface area (Å²) in [4.78, 5) is 12.9. The first-order chi connectivity index (χ1) is 14.0. The van der Waals surface area contributed by atoms with E-state index in [2.05, 4.69) is 0 Å². The third-order valence-electron chi connectivity index (χ3n) is 4.84. The molecule has 0 saturated heterocycles. The Morgan fingerprint density at radius 2 is 1.76 bits per heavy atom. The van der Waals surface area contributed by atoms with Gasteiger partial charge in [0, 0.05) is 5.56 Å². The minimum absolute atomic E-state index is 0.0726. The largest absolute Gasteiger partial charge is 0.507 e. The van der Waals surface area contributed by atoms with Crippen LogP contribution in [-0.4, -0.2) is 10.9 Å². The molecular formula is C23H15FN2O3. The summed E-state index contributed by atoms with van der Waals surface area (Å²) in [6.07, 6.45) is 0. The third-order valence-corrected chi connectivity index (χ3v) is 4.84. The van der Waals surface area contributed by atoms with Gasteiger partial charge in [-0.25, -0.2) is 4.39 Å². The SMILES string of the molecule is N#CC1=C(N)Oc2ccc(C(=O)c3ccccc3)c(O)c2C1c1ccc(F)cc1. The Morgan fingerprint density at radius 1 is 1.07 bits per heavy atom. The number of carbonyl (C=O) groups excluding carboxylic acids is 1. The van der Waals surface area contributed by atoms with E-state index in [1.807, 2.05) is 6.07 Å². The van der Waals surface area contributed by atoms with Gasteiger partial charge < -0.3 is 15.6 Å². The monoisotopic (exact) mass is 386 g/mol. The number of benzene rings is 3. The smallest absolute Gasteiger partial charge is 0.205 e. The number of allylic oxidation sites excluding steroid dienone is 1. The highest BCUT2D eigenvalue weighted by atomic mass is 19.1. The van der Waals surface area contributed by atoms with Gasteiger partial charge in [0.05, 0.1) is 17.0 Å². The third kappa shape index (κ3) is 3.09.